The van der Waals surface area contributed by atoms with Crippen LogP contribution in [0.3, 0.4) is 0 Å². The maximum Gasteiger partial charge on any atom is 0.192 e. The SMILES string of the molecule is O=S1(=O)C=CC(c2ccccc2)C(c2ccccc2)C=C1. The fraction of sp³-hybridized carbons (Fsp3) is 0.111. The first kappa shape index (κ1) is 13.8. The van der Waals surface area contributed by atoms with Crippen LogP contribution in [0.2, 0.25) is 0 Å². The number of hydrogen-bond donors (Lipinski definition) is 0. The number of hydrogen-bond acceptors (Lipinski definition) is 2. The van der Waals surface area contributed by atoms with Gasteiger partial charge in [0.2, 0.25) is 0 Å². The number of allylic oxidation sites excluding steroid dienone is 2. The zero-order chi connectivity index (χ0) is 14.7. The molecular formula is C18H16O2S. The zero-order valence-electron chi connectivity index (χ0n) is 11.5. The van der Waals surface area contributed by atoms with E-state index in [2.05, 4.69) is 0 Å². The van der Waals surface area contributed by atoms with E-state index < -0.39 is 9.84 Å². The Kier molecular flexibility index (Phi) is 3.76. The summed E-state index contributed by atoms with van der Waals surface area (Å²) in [5.41, 5.74) is 2.23. The molecule has 3 heteroatoms. The molecule has 2 aromatic carbocycles. The van der Waals surface area contributed by atoms with Gasteiger partial charge in [0.05, 0.1) is 0 Å². The Bertz CT molecular complexity index is 698. The topological polar surface area (TPSA) is 34.1 Å². The molecule has 0 N–H and O–H groups in total. The van der Waals surface area contributed by atoms with Crippen molar-refractivity contribution in [3.05, 3.63) is 94.8 Å². The third-order valence-electron chi connectivity index (χ3n) is 3.71. The highest BCUT2D eigenvalue weighted by molar-refractivity contribution is 7.97. The van der Waals surface area contributed by atoms with Crippen molar-refractivity contribution in [3.8, 4) is 0 Å². The Morgan fingerprint density at radius 2 is 1.00 bits per heavy atom. The van der Waals surface area contributed by atoms with Gasteiger partial charge in [0.1, 0.15) is 0 Å². The molecule has 0 amide bonds. The second-order valence-electron chi connectivity index (χ2n) is 5.12. The maximum atomic E-state index is 11.9. The quantitative estimate of drug-likeness (QED) is 0.839. The van der Waals surface area contributed by atoms with E-state index in [1.807, 2.05) is 60.7 Å². The summed E-state index contributed by atoms with van der Waals surface area (Å²) in [4.78, 5) is 0. The first-order valence-electron chi connectivity index (χ1n) is 6.87. The summed E-state index contributed by atoms with van der Waals surface area (Å²) in [5.74, 6) is 0.0317. The van der Waals surface area contributed by atoms with Crippen molar-refractivity contribution in [3.63, 3.8) is 0 Å². The molecule has 0 bridgehead atoms. The van der Waals surface area contributed by atoms with Gasteiger partial charge in [0, 0.05) is 22.7 Å². The van der Waals surface area contributed by atoms with Crippen LogP contribution in [0.5, 0.6) is 0 Å². The van der Waals surface area contributed by atoms with Crippen LogP contribution in [0.4, 0.5) is 0 Å². The smallest absolute Gasteiger partial charge is 0.192 e. The van der Waals surface area contributed by atoms with Gasteiger partial charge in [-0.25, -0.2) is 8.42 Å². The fourth-order valence-corrected chi connectivity index (χ4v) is 3.53. The Morgan fingerprint density at radius 3 is 1.38 bits per heavy atom. The molecule has 0 aliphatic carbocycles. The molecule has 2 unspecified atom stereocenters. The van der Waals surface area contributed by atoms with Gasteiger partial charge in [-0.2, -0.15) is 0 Å². The predicted octanol–water partition coefficient (Wildman–Crippen LogP) is 4.01. The first-order valence-corrected chi connectivity index (χ1v) is 8.48. The lowest BCUT2D eigenvalue weighted by Crippen LogP contribution is -2.06. The van der Waals surface area contributed by atoms with E-state index >= 15 is 0 Å². The van der Waals surface area contributed by atoms with Crippen molar-refractivity contribution in [2.45, 2.75) is 11.8 Å². The van der Waals surface area contributed by atoms with Crippen LogP contribution in [0.15, 0.2) is 83.6 Å². The Labute approximate surface area is 125 Å². The van der Waals surface area contributed by atoms with Gasteiger partial charge < -0.3 is 0 Å². The van der Waals surface area contributed by atoms with E-state index in [9.17, 15) is 8.42 Å². The lowest BCUT2D eigenvalue weighted by molar-refractivity contribution is 0.612. The highest BCUT2D eigenvalue weighted by Crippen LogP contribution is 2.37. The average Bonchev–Trinajstić information content (AvgIpc) is 2.67. The van der Waals surface area contributed by atoms with Crippen LogP contribution < -0.4 is 0 Å². The normalized spacial score (nSPS) is 23.6. The van der Waals surface area contributed by atoms with Crippen LogP contribution in [-0.4, -0.2) is 8.42 Å². The molecule has 2 aromatic rings. The third-order valence-corrected chi connectivity index (χ3v) is 4.78. The number of rotatable bonds is 2. The predicted molar refractivity (Wildman–Crippen MR) is 85.6 cm³/mol. The lowest BCUT2D eigenvalue weighted by Gasteiger charge is -2.22. The first-order chi connectivity index (χ1) is 10.2. The summed E-state index contributed by atoms with van der Waals surface area (Å²) in [6.07, 6.45) is 3.59. The summed E-state index contributed by atoms with van der Waals surface area (Å²) in [6.45, 7) is 0. The molecule has 2 atom stereocenters. The third kappa shape index (κ3) is 3.14. The summed E-state index contributed by atoms with van der Waals surface area (Å²) in [7, 11) is -3.26. The molecule has 0 saturated heterocycles. The maximum absolute atomic E-state index is 11.9. The molecule has 2 nitrogen and oxygen atoms in total. The molecule has 106 valence electrons. The monoisotopic (exact) mass is 296 g/mol. The number of sulfone groups is 1. The van der Waals surface area contributed by atoms with Gasteiger partial charge in [0.15, 0.2) is 9.84 Å². The lowest BCUT2D eigenvalue weighted by atomic mass is 9.81. The average molecular weight is 296 g/mol. The van der Waals surface area contributed by atoms with Crippen LogP contribution in [0.25, 0.3) is 0 Å². The Balaban J connectivity index is 2.11. The highest BCUT2D eigenvalue weighted by Gasteiger charge is 2.23. The molecule has 1 aliphatic heterocycles. The molecule has 3 rings (SSSR count). The van der Waals surface area contributed by atoms with Crippen molar-refractivity contribution in [1.82, 2.24) is 0 Å². The standard InChI is InChI=1S/C18H16O2S/c19-21(20)13-11-17(15-7-3-1-4-8-15)18(12-14-21)16-9-5-2-6-10-16/h1-14,17-18H. The van der Waals surface area contributed by atoms with E-state index in [1.54, 1.807) is 12.2 Å². The highest BCUT2D eigenvalue weighted by atomic mass is 32.2. The van der Waals surface area contributed by atoms with E-state index in [-0.39, 0.29) is 11.8 Å². The van der Waals surface area contributed by atoms with Crippen molar-refractivity contribution in [2.24, 2.45) is 0 Å². The molecular weight excluding hydrogens is 280 g/mol. The molecule has 21 heavy (non-hydrogen) atoms. The van der Waals surface area contributed by atoms with Gasteiger partial charge in [-0.1, -0.05) is 72.8 Å². The van der Waals surface area contributed by atoms with Gasteiger partial charge >= 0.3 is 0 Å². The second-order valence-corrected chi connectivity index (χ2v) is 6.84. The largest absolute Gasteiger partial charge is 0.220 e. The van der Waals surface area contributed by atoms with E-state index in [0.29, 0.717) is 0 Å². The van der Waals surface area contributed by atoms with E-state index in [0.717, 1.165) is 11.1 Å². The summed E-state index contributed by atoms with van der Waals surface area (Å²) in [6, 6.07) is 20.0. The van der Waals surface area contributed by atoms with E-state index in [4.69, 9.17) is 0 Å². The van der Waals surface area contributed by atoms with Crippen LogP contribution in [0.1, 0.15) is 23.0 Å². The minimum Gasteiger partial charge on any atom is -0.220 e. The summed E-state index contributed by atoms with van der Waals surface area (Å²) < 4.78 is 23.7. The summed E-state index contributed by atoms with van der Waals surface area (Å²) in [5, 5.41) is 2.62. The van der Waals surface area contributed by atoms with Gasteiger partial charge in [-0.05, 0) is 11.1 Å². The van der Waals surface area contributed by atoms with Gasteiger partial charge in [-0.3, -0.25) is 0 Å². The van der Waals surface area contributed by atoms with Crippen LogP contribution in [0, 0.1) is 0 Å². The molecule has 0 radical (unpaired) electrons. The van der Waals surface area contributed by atoms with Crippen molar-refractivity contribution >= 4 is 9.84 Å². The molecule has 0 saturated carbocycles. The number of benzene rings is 2. The van der Waals surface area contributed by atoms with E-state index in [1.165, 1.54) is 10.8 Å². The minimum absolute atomic E-state index is 0.0159. The molecule has 1 heterocycles. The van der Waals surface area contributed by atoms with Crippen LogP contribution in [-0.2, 0) is 9.84 Å². The molecule has 0 aromatic heterocycles. The second kappa shape index (κ2) is 5.70. The molecule has 0 spiro atoms. The Morgan fingerprint density at radius 1 is 0.619 bits per heavy atom. The van der Waals surface area contributed by atoms with Crippen molar-refractivity contribution in [1.29, 1.82) is 0 Å². The minimum atomic E-state index is -3.26. The molecule has 1 aliphatic rings. The van der Waals surface area contributed by atoms with Gasteiger partial charge in [-0.15, -0.1) is 0 Å². The van der Waals surface area contributed by atoms with Crippen molar-refractivity contribution in [2.75, 3.05) is 0 Å². The fourth-order valence-electron chi connectivity index (χ4n) is 2.66. The summed E-state index contributed by atoms with van der Waals surface area (Å²) >= 11 is 0. The van der Waals surface area contributed by atoms with Crippen molar-refractivity contribution < 1.29 is 8.42 Å². The Hall–Kier alpha value is -2.13. The zero-order valence-corrected chi connectivity index (χ0v) is 12.3. The van der Waals surface area contributed by atoms with Gasteiger partial charge in [0.25, 0.3) is 0 Å². The molecule has 0 fully saturated rings. The van der Waals surface area contributed by atoms with Crippen LogP contribution >= 0.6 is 0 Å².